The number of carbonyl (C=O) groups excluding carboxylic acids is 1. The van der Waals surface area contributed by atoms with Gasteiger partial charge in [0.05, 0.1) is 13.0 Å². The van der Waals surface area contributed by atoms with Gasteiger partial charge in [-0.3, -0.25) is 4.79 Å². The molecule has 4 heteroatoms. The van der Waals surface area contributed by atoms with Crippen LogP contribution in [0.25, 0.3) is 0 Å². The molecule has 1 aliphatic rings. The maximum absolute atomic E-state index is 12.3. The van der Waals surface area contributed by atoms with Crippen molar-refractivity contribution in [3.8, 4) is 11.5 Å². The number of rotatable bonds is 6. The lowest BCUT2D eigenvalue weighted by molar-refractivity contribution is -0.144. The third kappa shape index (κ3) is 4.81. The quantitative estimate of drug-likeness (QED) is 0.367. The summed E-state index contributed by atoms with van der Waals surface area (Å²) in [5.74, 6) is 0.900. The van der Waals surface area contributed by atoms with Crippen LogP contribution in [0.4, 0.5) is 0 Å². The molecular weight excluding hydrogens is 424 g/mol. The first-order valence-electron chi connectivity index (χ1n) is 11.5. The number of phenols is 1. The van der Waals surface area contributed by atoms with Gasteiger partial charge in [0.2, 0.25) is 0 Å². The van der Waals surface area contributed by atoms with Crippen molar-refractivity contribution in [3.05, 3.63) is 131 Å². The second-order valence-corrected chi connectivity index (χ2v) is 8.59. The van der Waals surface area contributed by atoms with Crippen LogP contribution >= 0.6 is 0 Å². The summed E-state index contributed by atoms with van der Waals surface area (Å²) in [5.41, 5.74) is 5.15. The second-order valence-electron chi connectivity index (χ2n) is 8.59. The molecule has 4 nitrogen and oxygen atoms in total. The average molecular weight is 451 g/mol. The Kier molecular flexibility index (Phi) is 6.30. The molecule has 34 heavy (non-hydrogen) atoms. The van der Waals surface area contributed by atoms with Crippen LogP contribution in [-0.2, 0) is 22.6 Å². The molecule has 1 N–H and O–H groups in total. The zero-order chi connectivity index (χ0) is 23.3. The third-order valence-corrected chi connectivity index (χ3v) is 6.31. The first-order chi connectivity index (χ1) is 16.7. The highest BCUT2D eigenvalue weighted by Gasteiger charge is 2.33. The van der Waals surface area contributed by atoms with E-state index in [1.165, 1.54) is 5.56 Å². The van der Waals surface area contributed by atoms with Crippen LogP contribution in [0.1, 0.15) is 39.7 Å². The van der Waals surface area contributed by atoms with Gasteiger partial charge >= 0.3 is 5.97 Å². The molecule has 0 aromatic heterocycles. The number of hydrogen-bond acceptors (Lipinski definition) is 4. The van der Waals surface area contributed by atoms with Gasteiger partial charge in [0.25, 0.3) is 0 Å². The fraction of sp³-hybridized carbons (Fsp3) is 0.167. The van der Waals surface area contributed by atoms with Crippen LogP contribution in [0.3, 0.4) is 0 Å². The van der Waals surface area contributed by atoms with E-state index in [1.807, 2.05) is 66.7 Å². The fourth-order valence-corrected chi connectivity index (χ4v) is 4.60. The Morgan fingerprint density at radius 3 is 2.26 bits per heavy atom. The Hall–Kier alpha value is -4.05. The Morgan fingerprint density at radius 1 is 0.824 bits per heavy atom. The van der Waals surface area contributed by atoms with Gasteiger partial charge in [-0.15, -0.1) is 0 Å². The Morgan fingerprint density at radius 2 is 1.53 bits per heavy atom. The topological polar surface area (TPSA) is 55.8 Å². The van der Waals surface area contributed by atoms with Gasteiger partial charge in [-0.2, -0.15) is 0 Å². The summed E-state index contributed by atoms with van der Waals surface area (Å²) < 4.78 is 11.5. The minimum atomic E-state index is -0.250. The van der Waals surface area contributed by atoms with Crippen molar-refractivity contribution in [1.82, 2.24) is 0 Å². The van der Waals surface area contributed by atoms with Gasteiger partial charge in [-0.1, -0.05) is 84.9 Å². The van der Waals surface area contributed by atoms with Crippen LogP contribution in [0, 0.1) is 0 Å². The molecule has 4 aromatic rings. The maximum Gasteiger partial charge on any atom is 0.310 e. The molecular formula is C30H26O4. The van der Waals surface area contributed by atoms with E-state index >= 15 is 0 Å². The van der Waals surface area contributed by atoms with Crippen molar-refractivity contribution >= 4 is 5.97 Å². The van der Waals surface area contributed by atoms with E-state index in [1.54, 1.807) is 12.1 Å². The van der Waals surface area contributed by atoms with Crippen molar-refractivity contribution in [2.45, 2.75) is 24.9 Å². The molecule has 2 atom stereocenters. The fourth-order valence-electron chi connectivity index (χ4n) is 4.60. The molecule has 0 spiro atoms. The zero-order valence-corrected chi connectivity index (χ0v) is 18.8. The van der Waals surface area contributed by atoms with Crippen molar-refractivity contribution in [1.29, 1.82) is 0 Å². The second kappa shape index (κ2) is 9.84. The molecule has 1 aliphatic heterocycles. The Labute approximate surface area is 199 Å². The maximum atomic E-state index is 12.3. The minimum absolute atomic E-state index is 0.0253. The number of ether oxygens (including phenoxy) is 2. The predicted octanol–water partition coefficient (Wildman–Crippen LogP) is 5.99. The van der Waals surface area contributed by atoms with E-state index in [9.17, 15) is 9.90 Å². The number of fused-ring (bicyclic) bond motifs is 1. The highest BCUT2D eigenvalue weighted by Crippen LogP contribution is 2.46. The summed E-state index contributed by atoms with van der Waals surface area (Å²) in [5, 5.41) is 10.2. The number of hydrogen-bond donors (Lipinski definition) is 1. The van der Waals surface area contributed by atoms with Crippen LogP contribution in [0.15, 0.2) is 103 Å². The standard InChI is InChI=1S/C30H26O4/c31-25-15-16-28-26(18-25)30(27(20-33-28)23-9-5-2-6-10-23)24-13-11-21(12-14-24)17-29(32)34-19-22-7-3-1-4-8-22/h1-16,18,27,30-31H,17,19-20H2/t27-,30-/m0/s1. The molecule has 0 radical (unpaired) electrons. The average Bonchev–Trinajstić information content (AvgIpc) is 2.88. The molecule has 170 valence electrons. The summed E-state index contributed by atoms with van der Waals surface area (Å²) in [4.78, 5) is 12.3. The summed E-state index contributed by atoms with van der Waals surface area (Å²) in [6.07, 6.45) is 0.223. The number of carbonyl (C=O) groups is 1. The number of phenolic OH excluding ortho intramolecular Hbond substituents is 1. The summed E-state index contributed by atoms with van der Waals surface area (Å²) >= 11 is 0. The van der Waals surface area contributed by atoms with Gasteiger partial charge < -0.3 is 14.6 Å². The molecule has 0 amide bonds. The minimum Gasteiger partial charge on any atom is -0.508 e. The molecule has 0 saturated heterocycles. The molecule has 1 heterocycles. The molecule has 0 fully saturated rings. The van der Waals surface area contributed by atoms with Crippen LogP contribution < -0.4 is 4.74 Å². The van der Waals surface area contributed by atoms with Gasteiger partial charge in [0.1, 0.15) is 18.1 Å². The van der Waals surface area contributed by atoms with Crippen molar-refractivity contribution < 1.29 is 19.4 Å². The summed E-state index contributed by atoms with van der Waals surface area (Å²) in [6.45, 7) is 0.832. The van der Waals surface area contributed by atoms with E-state index in [0.717, 1.165) is 28.0 Å². The SMILES string of the molecule is O=C(Cc1ccc([C@H]2c3cc(O)ccc3OC[C@H]2c2ccccc2)cc1)OCc1ccccc1. The van der Waals surface area contributed by atoms with E-state index in [4.69, 9.17) is 9.47 Å². The number of esters is 1. The Bertz CT molecular complexity index is 1250. The lowest BCUT2D eigenvalue weighted by Crippen LogP contribution is -2.25. The number of aromatic hydroxyl groups is 1. The van der Waals surface area contributed by atoms with Crippen LogP contribution in [0.2, 0.25) is 0 Å². The lowest BCUT2D eigenvalue weighted by atomic mass is 9.75. The van der Waals surface area contributed by atoms with Crippen molar-refractivity contribution in [2.75, 3.05) is 6.61 Å². The smallest absolute Gasteiger partial charge is 0.310 e. The zero-order valence-electron chi connectivity index (χ0n) is 18.8. The van der Waals surface area contributed by atoms with Crippen molar-refractivity contribution in [3.63, 3.8) is 0 Å². The van der Waals surface area contributed by atoms with Gasteiger partial charge in [0, 0.05) is 17.4 Å². The normalized spacial score (nSPS) is 16.8. The molecule has 5 rings (SSSR count). The Balaban J connectivity index is 1.37. The van der Waals surface area contributed by atoms with Gasteiger partial charge in [-0.25, -0.2) is 0 Å². The van der Waals surface area contributed by atoms with E-state index in [2.05, 4.69) is 24.3 Å². The van der Waals surface area contributed by atoms with Crippen LogP contribution in [-0.4, -0.2) is 17.7 Å². The summed E-state index contributed by atoms with van der Waals surface area (Å²) in [7, 11) is 0. The molecule has 0 saturated carbocycles. The van der Waals surface area contributed by atoms with Gasteiger partial charge in [0.15, 0.2) is 0 Å². The largest absolute Gasteiger partial charge is 0.508 e. The van der Waals surface area contributed by atoms with E-state index in [-0.39, 0.29) is 36.6 Å². The van der Waals surface area contributed by atoms with Gasteiger partial charge in [-0.05, 0) is 40.5 Å². The van der Waals surface area contributed by atoms with Crippen LogP contribution in [0.5, 0.6) is 11.5 Å². The summed E-state index contributed by atoms with van der Waals surface area (Å²) in [6, 6.07) is 33.4. The number of benzene rings is 4. The van der Waals surface area contributed by atoms with E-state index < -0.39 is 0 Å². The monoisotopic (exact) mass is 450 g/mol. The molecule has 4 aromatic carbocycles. The highest BCUT2D eigenvalue weighted by molar-refractivity contribution is 5.72. The molecule has 0 aliphatic carbocycles. The predicted molar refractivity (Wildman–Crippen MR) is 131 cm³/mol. The van der Waals surface area contributed by atoms with E-state index in [0.29, 0.717) is 6.61 Å². The third-order valence-electron chi connectivity index (χ3n) is 6.31. The highest BCUT2D eigenvalue weighted by atomic mass is 16.5. The lowest BCUT2D eigenvalue weighted by Gasteiger charge is -2.34. The first kappa shape index (κ1) is 21.8. The first-order valence-corrected chi connectivity index (χ1v) is 11.5. The molecule has 0 bridgehead atoms. The molecule has 0 unspecified atom stereocenters. The van der Waals surface area contributed by atoms with Crippen molar-refractivity contribution in [2.24, 2.45) is 0 Å².